The SMILES string of the molecule is CN1CCCC(N(C)C(=O)c2sc3ccccc3c2N)C1. The Balaban J connectivity index is 1.87. The number of hydrogen-bond acceptors (Lipinski definition) is 4. The van der Waals surface area contributed by atoms with E-state index in [4.69, 9.17) is 5.73 Å². The summed E-state index contributed by atoms with van der Waals surface area (Å²) in [5, 5.41) is 0.986. The second kappa shape index (κ2) is 5.66. The molecular weight excluding hydrogens is 282 g/mol. The van der Waals surface area contributed by atoms with Crippen molar-refractivity contribution >= 4 is 33.0 Å². The van der Waals surface area contributed by atoms with Gasteiger partial charge in [0, 0.05) is 29.7 Å². The summed E-state index contributed by atoms with van der Waals surface area (Å²) < 4.78 is 1.08. The number of nitrogens with zero attached hydrogens (tertiary/aromatic N) is 2. The summed E-state index contributed by atoms with van der Waals surface area (Å²) >= 11 is 1.50. The summed E-state index contributed by atoms with van der Waals surface area (Å²) in [6.45, 7) is 2.05. The van der Waals surface area contributed by atoms with Crippen LogP contribution in [0.5, 0.6) is 0 Å². The van der Waals surface area contributed by atoms with Gasteiger partial charge < -0.3 is 15.5 Å². The highest BCUT2D eigenvalue weighted by molar-refractivity contribution is 7.21. The number of likely N-dealkylation sites (N-methyl/N-ethyl adjacent to an activating group) is 2. The molecule has 1 fully saturated rings. The standard InChI is InChI=1S/C16H21N3OS/c1-18-9-5-6-11(10-18)19(2)16(20)15-14(17)12-7-3-4-8-13(12)21-15/h3-4,7-8,11H,5-6,9-10,17H2,1-2H3. The van der Waals surface area contributed by atoms with Crippen molar-refractivity contribution < 1.29 is 4.79 Å². The predicted molar refractivity (Wildman–Crippen MR) is 88.8 cm³/mol. The van der Waals surface area contributed by atoms with Crippen molar-refractivity contribution in [2.45, 2.75) is 18.9 Å². The fraction of sp³-hybridized carbons (Fsp3) is 0.438. The Bertz CT molecular complexity index is 667. The maximum atomic E-state index is 12.8. The van der Waals surface area contributed by atoms with Crippen molar-refractivity contribution in [3.8, 4) is 0 Å². The molecule has 2 aromatic rings. The molecule has 0 aliphatic carbocycles. The van der Waals surface area contributed by atoms with Gasteiger partial charge in [-0.25, -0.2) is 0 Å². The van der Waals surface area contributed by atoms with E-state index in [0.717, 1.165) is 36.0 Å². The van der Waals surface area contributed by atoms with Gasteiger partial charge in [-0.3, -0.25) is 4.79 Å². The molecule has 0 spiro atoms. The average Bonchev–Trinajstić information content (AvgIpc) is 2.83. The third-order valence-corrected chi connectivity index (χ3v) is 5.47. The molecule has 2 heterocycles. The molecule has 1 saturated heterocycles. The van der Waals surface area contributed by atoms with Crippen LogP contribution < -0.4 is 5.73 Å². The van der Waals surface area contributed by atoms with E-state index in [2.05, 4.69) is 11.9 Å². The van der Waals surface area contributed by atoms with Gasteiger partial charge in [-0.15, -0.1) is 11.3 Å². The second-order valence-corrected chi connectivity index (χ2v) is 6.87. The Hall–Kier alpha value is -1.59. The summed E-state index contributed by atoms with van der Waals surface area (Å²) in [5.74, 6) is 0.0500. The van der Waals surface area contributed by atoms with Crippen molar-refractivity contribution in [3.05, 3.63) is 29.1 Å². The number of benzene rings is 1. The number of fused-ring (bicyclic) bond motifs is 1. The number of carbonyl (C=O) groups excluding carboxylic acids is 1. The number of hydrogen-bond donors (Lipinski definition) is 1. The minimum Gasteiger partial charge on any atom is -0.397 e. The molecule has 1 aromatic carbocycles. The van der Waals surface area contributed by atoms with Gasteiger partial charge in [0.15, 0.2) is 0 Å². The smallest absolute Gasteiger partial charge is 0.266 e. The Morgan fingerprint density at radius 2 is 2.19 bits per heavy atom. The Labute approximate surface area is 129 Å². The summed E-state index contributed by atoms with van der Waals surface area (Å²) in [5.41, 5.74) is 6.81. The first-order chi connectivity index (χ1) is 10.1. The number of anilines is 1. The van der Waals surface area contributed by atoms with Gasteiger partial charge in [0.05, 0.1) is 5.69 Å². The van der Waals surface area contributed by atoms with E-state index in [1.807, 2.05) is 36.2 Å². The molecule has 4 nitrogen and oxygen atoms in total. The fourth-order valence-corrected chi connectivity index (χ4v) is 4.11. The van der Waals surface area contributed by atoms with Crippen LogP contribution in [0.3, 0.4) is 0 Å². The maximum absolute atomic E-state index is 12.8. The van der Waals surface area contributed by atoms with Crippen molar-refractivity contribution in [3.63, 3.8) is 0 Å². The molecule has 2 N–H and O–H groups in total. The number of rotatable bonds is 2. The van der Waals surface area contributed by atoms with Crippen LogP contribution >= 0.6 is 11.3 Å². The highest BCUT2D eigenvalue weighted by Crippen LogP contribution is 2.34. The average molecular weight is 303 g/mol. The highest BCUT2D eigenvalue weighted by atomic mass is 32.1. The maximum Gasteiger partial charge on any atom is 0.266 e. The van der Waals surface area contributed by atoms with Gasteiger partial charge >= 0.3 is 0 Å². The molecule has 0 bridgehead atoms. The van der Waals surface area contributed by atoms with E-state index in [9.17, 15) is 4.79 Å². The van der Waals surface area contributed by atoms with Crippen molar-refractivity contribution in [1.29, 1.82) is 0 Å². The zero-order valence-electron chi connectivity index (χ0n) is 12.5. The lowest BCUT2D eigenvalue weighted by molar-refractivity contribution is 0.0650. The van der Waals surface area contributed by atoms with Crippen LogP contribution in [0.25, 0.3) is 10.1 Å². The number of amides is 1. The Morgan fingerprint density at radius 1 is 1.43 bits per heavy atom. The first-order valence-corrected chi connectivity index (χ1v) is 8.12. The van der Waals surface area contributed by atoms with Crippen LogP contribution in [-0.2, 0) is 0 Å². The second-order valence-electron chi connectivity index (χ2n) is 5.82. The number of carbonyl (C=O) groups is 1. The molecule has 112 valence electrons. The van der Waals surface area contributed by atoms with Crippen molar-refractivity contribution in [2.24, 2.45) is 0 Å². The molecule has 1 atom stereocenters. The lowest BCUT2D eigenvalue weighted by atomic mass is 10.0. The molecule has 0 saturated carbocycles. The predicted octanol–water partition coefficient (Wildman–Crippen LogP) is 2.65. The molecule has 1 aliphatic rings. The van der Waals surface area contributed by atoms with Crippen LogP contribution in [0, 0.1) is 0 Å². The zero-order chi connectivity index (χ0) is 15.0. The van der Waals surface area contributed by atoms with E-state index in [-0.39, 0.29) is 11.9 Å². The molecule has 21 heavy (non-hydrogen) atoms. The van der Waals surface area contributed by atoms with E-state index < -0.39 is 0 Å². The van der Waals surface area contributed by atoms with Crippen LogP contribution in [-0.4, -0.2) is 48.9 Å². The van der Waals surface area contributed by atoms with Crippen molar-refractivity contribution in [1.82, 2.24) is 9.80 Å². The first-order valence-electron chi connectivity index (χ1n) is 7.30. The van der Waals surface area contributed by atoms with E-state index >= 15 is 0 Å². The molecule has 0 radical (unpaired) electrons. The fourth-order valence-electron chi connectivity index (χ4n) is 3.01. The Kier molecular flexibility index (Phi) is 3.87. The van der Waals surface area contributed by atoms with E-state index in [1.54, 1.807) is 0 Å². The number of nitrogen functional groups attached to an aromatic ring is 1. The molecule has 1 unspecified atom stereocenters. The van der Waals surface area contributed by atoms with Crippen LogP contribution in [0.4, 0.5) is 5.69 Å². The number of thiophene rings is 1. The van der Waals surface area contributed by atoms with E-state index in [1.165, 1.54) is 11.3 Å². The molecule has 1 amide bonds. The lowest BCUT2D eigenvalue weighted by Gasteiger charge is -2.35. The van der Waals surface area contributed by atoms with Gasteiger partial charge in [0.2, 0.25) is 0 Å². The van der Waals surface area contributed by atoms with Gasteiger partial charge in [0.1, 0.15) is 4.88 Å². The third-order valence-electron chi connectivity index (χ3n) is 4.30. The Morgan fingerprint density at radius 3 is 2.90 bits per heavy atom. The zero-order valence-corrected chi connectivity index (χ0v) is 13.3. The summed E-state index contributed by atoms with van der Waals surface area (Å²) in [6.07, 6.45) is 2.21. The van der Waals surface area contributed by atoms with Crippen molar-refractivity contribution in [2.75, 3.05) is 32.9 Å². The van der Waals surface area contributed by atoms with Gasteiger partial charge in [-0.1, -0.05) is 18.2 Å². The van der Waals surface area contributed by atoms with Crippen LogP contribution in [0.15, 0.2) is 24.3 Å². The number of piperidine rings is 1. The molecule has 3 rings (SSSR count). The minimum atomic E-state index is 0.0500. The van der Waals surface area contributed by atoms with Crippen LogP contribution in [0.2, 0.25) is 0 Å². The molecular formula is C16H21N3OS. The minimum absolute atomic E-state index is 0.0500. The summed E-state index contributed by atoms with van der Waals surface area (Å²) in [4.78, 5) is 17.6. The third kappa shape index (κ3) is 2.63. The quantitative estimate of drug-likeness (QED) is 0.928. The lowest BCUT2D eigenvalue weighted by Crippen LogP contribution is -2.47. The monoisotopic (exact) mass is 303 g/mol. The van der Waals surface area contributed by atoms with E-state index in [0.29, 0.717) is 10.6 Å². The largest absolute Gasteiger partial charge is 0.397 e. The molecule has 5 heteroatoms. The number of nitrogens with two attached hydrogens (primary N) is 1. The molecule has 1 aliphatic heterocycles. The van der Waals surface area contributed by atoms with Gasteiger partial charge in [-0.2, -0.15) is 0 Å². The topological polar surface area (TPSA) is 49.6 Å². The molecule has 1 aromatic heterocycles. The number of likely N-dealkylation sites (tertiary alicyclic amines) is 1. The summed E-state index contributed by atoms with van der Waals surface area (Å²) in [7, 11) is 4.01. The van der Waals surface area contributed by atoms with Gasteiger partial charge in [0.25, 0.3) is 5.91 Å². The normalized spacial score (nSPS) is 19.8. The highest BCUT2D eigenvalue weighted by Gasteiger charge is 2.27. The van der Waals surface area contributed by atoms with Crippen LogP contribution in [0.1, 0.15) is 22.5 Å². The first kappa shape index (κ1) is 14.4. The van der Waals surface area contributed by atoms with Gasteiger partial charge in [-0.05, 0) is 32.5 Å². The summed E-state index contributed by atoms with van der Waals surface area (Å²) in [6, 6.07) is 8.21.